The highest BCUT2D eigenvalue weighted by atomic mass is 16.2. The first-order valence-electron chi connectivity index (χ1n) is 8.70. The zero-order valence-corrected chi connectivity index (χ0v) is 14.0. The van der Waals surface area contributed by atoms with Gasteiger partial charge in [-0.25, -0.2) is 0 Å². The van der Waals surface area contributed by atoms with Gasteiger partial charge in [-0.15, -0.1) is 0 Å². The van der Waals surface area contributed by atoms with Gasteiger partial charge in [-0.2, -0.15) is 0 Å². The molecular formula is C19H26N2O2. The summed E-state index contributed by atoms with van der Waals surface area (Å²) < 4.78 is 0. The van der Waals surface area contributed by atoms with Gasteiger partial charge in [0.25, 0.3) is 0 Å². The number of rotatable bonds is 5. The maximum absolute atomic E-state index is 12.7. The molecule has 1 aliphatic carbocycles. The summed E-state index contributed by atoms with van der Waals surface area (Å²) in [6.45, 7) is 5.60. The molecule has 2 aliphatic rings. The van der Waals surface area contributed by atoms with Crippen molar-refractivity contribution < 1.29 is 9.59 Å². The molecule has 23 heavy (non-hydrogen) atoms. The molecule has 3 atom stereocenters. The van der Waals surface area contributed by atoms with Crippen molar-refractivity contribution in [3.63, 3.8) is 0 Å². The van der Waals surface area contributed by atoms with Crippen LogP contribution in [0.25, 0.3) is 0 Å². The van der Waals surface area contributed by atoms with E-state index in [0.717, 1.165) is 31.4 Å². The molecule has 1 saturated heterocycles. The number of carbonyl (C=O) groups is 2. The standard InChI is InChI=1S/C19H26N2O2/c1-13(2)15-11-16(15)19(23)21-10-6-9-17(21)18(22)20-12-14-7-4-3-5-8-14/h3-5,7-8,13,15-17H,6,9-12H2,1-2H3,(H,20,22)/t15-,16-,17+/m0/s1. The highest BCUT2D eigenvalue weighted by Crippen LogP contribution is 2.46. The Kier molecular flexibility index (Phi) is 4.69. The molecule has 0 bridgehead atoms. The van der Waals surface area contributed by atoms with Gasteiger partial charge in [-0.1, -0.05) is 44.2 Å². The molecule has 124 valence electrons. The van der Waals surface area contributed by atoms with E-state index in [9.17, 15) is 9.59 Å². The van der Waals surface area contributed by atoms with Crippen LogP contribution in [-0.2, 0) is 16.1 Å². The third-order valence-corrected chi connectivity index (χ3v) is 5.16. The second-order valence-electron chi connectivity index (χ2n) is 7.14. The van der Waals surface area contributed by atoms with Gasteiger partial charge in [-0.3, -0.25) is 9.59 Å². The molecule has 1 aromatic carbocycles. The maximum Gasteiger partial charge on any atom is 0.243 e. The lowest BCUT2D eigenvalue weighted by Crippen LogP contribution is -2.46. The molecule has 1 saturated carbocycles. The molecule has 0 aromatic heterocycles. The first-order valence-corrected chi connectivity index (χ1v) is 8.70. The van der Waals surface area contributed by atoms with Crippen molar-refractivity contribution in [2.75, 3.05) is 6.54 Å². The Morgan fingerprint density at radius 3 is 2.65 bits per heavy atom. The number of benzene rings is 1. The van der Waals surface area contributed by atoms with E-state index in [0.29, 0.717) is 18.4 Å². The molecule has 3 rings (SSSR count). The van der Waals surface area contributed by atoms with Crippen LogP contribution in [0, 0.1) is 17.8 Å². The van der Waals surface area contributed by atoms with Gasteiger partial charge in [-0.05, 0) is 36.7 Å². The van der Waals surface area contributed by atoms with Crippen LogP contribution in [0.2, 0.25) is 0 Å². The summed E-state index contributed by atoms with van der Waals surface area (Å²) in [4.78, 5) is 27.0. The SMILES string of the molecule is CC(C)[C@@H]1C[C@@H]1C(=O)N1CCC[C@@H]1C(=O)NCc1ccccc1. The third-order valence-electron chi connectivity index (χ3n) is 5.16. The Labute approximate surface area is 138 Å². The quantitative estimate of drug-likeness (QED) is 0.908. The number of nitrogens with one attached hydrogen (secondary N) is 1. The second kappa shape index (κ2) is 6.73. The summed E-state index contributed by atoms with van der Waals surface area (Å²) in [5, 5.41) is 2.99. The molecule has 1 aromatic rings. The molecule has 4 heteroatoms. The maximum atomic E-state index is 12.7. The lowest BCUT2D eigenvalue weighted by atomic mass is 10.1. The molecular weight excluding hydrogens is 288 g/mol. The molecule has 2 fully saturated rings. The van der Waals surface area contributed by atoms with Crippen LogP contribution in [0.3, 0.4) is 0 Å². The predicted molar refractivity (Wildman–Crippen MR) is 89.5 cm³/mol. The van der Waals surface area contributed by atoms with Crippen molar-refractivity contribution in [3.8, 4) is 0 Å². The lowest BCUT2D eigenvalue weighted by molar-refractivity contribution is -0.139. The minimum atomic E-state index is -0.278. The van der Waals surface area contributed by atoms with Gasteiger partial charge < -0.3 is 10.2 Å². The summed E-state index contributed by atoms with van der Waals surface area (Å²) in [6, 6.07) is 9.60. The zero-order valence-electron chi connectivity index (χ0n) is 14.0. The summed E-state index contributed by atoms with van der Waals surface area (Å²) in [5.74, 6) is 1.40. The first-order chi connectivity index (χ1) is 11.1. The van der Waals surface area contributed by atoms with Crippen molar-refractivity contribution in [1.82, 2.24) is 10.2 Å². The monoisotopic (exact) mass is 314 g/mol. The minimum absolute atomic E-state index is 0.0125. The van der Waals surface area contributed by atoms with E-state index in [1.54, 1.807) is 0 Å². The number of amides is 2. The van der Waals surface area contributed by atoms with Crippen molar-refractivity contribution in [1.29, 1.82) is 0 Å². The van der Waals surface area contributed by atoms with E-state index in [-0.39, 0.29) is 23.8 Å². The summed E-state index contributed by atoms with van der Waals surface area (Å²) in [5.41, 5.74) is 1.08. The number of hydrogen-bond acceptors (Lipinski definition) is 2. The average Bonchev–Trinajstić information content (AvgIpc) is 3.22. The largest absolute Gasteiger partial charge is 0.350 e. The van der Waals surface area contributed by atoms with Gasteiger partial charge in [0.15, 0.2) is 0 Å². The summed E-state index contributed by atoms with van der Waals surface area (Å²) >= 11 is 0. The molecule has 2 amide bonds. The van der Waals surface area contributed by atoms with Crippen molar-refractivity contribution in [2.45, 2.75) is 45.7 Å². The Hall–Kier alpha value is -1.84. The van der Waals surface area contributed by atoms with Crippen LogP contribution < -0.4 is 5.32 Å². The van der Waals surface area contributed by atoms with Gasteiger partial charge in [0.2, 0.25) is 11.8 Å². The molecule has 1 aliphatic heterocycles. The second-order valence-corrected chi connectivity index (χ2v) is 7.14. The van der Waals surface area contributed by atoms with Crippen molar-refractivity contribution in [2.24, 2.45) is 17.8 Å². The van der Waals surface area contributed by atoms with Crippen LogP contribution in [0.1, 0.15) is 38.7 Å². The number of carbonyl (C=O) groups excluding carboxylic acids is 2. The Morgan fingerprint density at radius 2 is 2.00 bits per heavy atom. The lowest BCUT2D eigenvalue weighted by Gasteiger charge is -2.24. The Balaban J connectivity index is 1.56. The van der Waals surface area contributed by atoms with Gasteiger partial charge in [0, 0.05) is 19.0 Å². The molecule has 1 heterocycles. The van der Waals surface area contributed by atoms with E-state index in [4.69, 9.17) is 0 Å². The van der Waals surface area contributed by atoms with E-state index < -0.39 is 0 Å². The summed E-state index contributed by atoms with van der Waals surface area (Å²) in [6.07, 6.45) is 2.70. The highest BCUT2D eigenvalue weighted by Gasteiger charge is 2.48. The van der Waals surface area contributed by atoms with Gasteiger partial charge >= 0.3 is 0 Å². The number of hydrogen-bond donors (Lipinski definition) is 1. The van der Waals surface area contributed by atoms with E-state index in [2.05, 4.69) is 19.2 Å². The molecule has 1 N–H and O–H groups in total. The average molecular weight is 314 g/mol. The molecule has 0 unspecified atom stereocenters. The van der Waals surface area contributed by atoms with Gasteiger partial charge in [0.1, 0.15) is 6.04 Å². The van der Waals surface area contributed by atoms with Crippen LogP contribution in [0.5, 0.6) is 0 Å². The minimum Gasteiger partial charge on any atom is -0.350 e. The van der Waals surface area contributed by atoms with Crippen molar-refractivity contribution >= 4 is 11.8 Å². The van der Waals surface area contributed by atoms with E-state index >= 15 is 0 Å². The Bertz CT molecular complexity index is 570. The smallest absolute Gasteiger partial charge is 0.243 e. The van der Waals surface area contributed by atoms with E-state index in [1.807, 2.05) is 35.2 Å². The Morgan fingerprint density at radius 1 is 1.26 bits per heavy atom. The normalized spacial score (nSPS) is 26.4. The fourth-order valence-corrected chi connectivity index (χ4v) is 3.65. The number of likely N-dealkylation sites (tertiary alicyclic amines) is 1. The predicted octanol–water partition coefficient (Wildman–Crippen LogP) is 2.59. The zero-order chi connectivity index (χ0) is 16.4. The van der Waals surface area contributed by atoms with Crippen LogP contribution in [-0.4, -0.2) is 29.3 Å². The topological polar surface area (TPSA) is 49.4 Å². The molecule has 0 spiro atoms. The highest BCUT2D eigenvalue weighted by molar-refractivity contribution is 5.90. The van der Waals surface area contributed by atoms with Crippen LogP contribution in [0.15, 0.2) is 30.3 Å². The molecule has 4 nitrogen and oxygen atoms in total. The van der Waals surface area contributed by atoms with Crippen molar-refractivity contribution in [3.05, 3.63) is 35.9 Å². The first kappa shape index (κ1) is 16.0. The fourth-order valence-electron chi connectivity index (χ4n) is 3.65. The molecule has 0 radical (unpaired) electrons. The van der Waals surface area contributed by atoms with E-state index in [1.165, 1.54) is 0 Å². The number of nitrogens with zero attached hydrogens (tertiary/aromatic N) is 1. The van der Waals surface area contributed by atoms with Gasteiger partial charge in [0.05, 0.1) is 0 Å². The van der Waals surface area contributed by atoms with Crippen LogP contribution >= 0.6 is 0 Å². The van der Waals surface area contributed by atoms with Crippen LogP contribution in [0.4, 0.5) is 0 Å². The third kappa shape index (κ3) is 3.57. The summed E-state index contributed by atoms with van der Waals surface area (Å²) in [7, 11) is 0. The fraction of sp³-hybridized carbons (Fsp3) is 0.579.